The molecule has 0 spiro atoms. The number of allylic oxidation sites excluding steroid dienone is 4. The molecule has 0 aromatic carbocycles. The van der Waals surface area contributed by atoms with Crippen LogP contribution in [-0.2, 0) is 9.59 Å². The van der Waals surface area contributed by atoms with Gasteiger partial charge in [0, 0.05) is 11.8 Å². The molecule has 0 fully saturated rings. The molecule has 2 aliphatic rings. The quantitative estimate of drug-likeness (QED) is 0.600. The largest absolute Gasteiger partial charge is 0.293 e. The van der Waals surface area contributed by atoms with Crippen LogP contribution in [0.1, 0.15) is 12.8 Å². The Morgan fingerprint density at radius 2 is 1.29 bits per heavy atom. The Morgan fingerprint density at radius 3 is 1.64 bits per heavy atom. The van der Waals surface area contributed by atoms with Crippen LogP contribution < -0.4 is 0 Å². The van der Waals surface area contributed by atoms with Crippen LogP contribution >= 0.6 is 23.2 Å². The van der Waals surface area contributed by atoms with Crippen LogP contribution in [0.15, 0.2) is 22.2 Å². The highest BCUT2D eigenvalue weighted by Crippen LogP contribution is 2.38. The van der Waals surface area contributed by atoms with E-state index in [1.807, 2.05) is 12.2 Å². The number of Topliss-reactive ketones (excluding diaryl/α,β-unsaturated/α-hetero) is 2. The number of ketones is 2. The molecular formula is C10H8Cl2O2. The van der Waals surface area contributed by atoms with E-state index in [1.165, 1.54) is 0 Å². The summed E-state index contributed by atoms with van der Waals surface area (Å²) >= 11 is 11.4. The van der Waals surface area contributed by atoms with E-state index in [0.29, 0.717) is 12.8 Å². The van der Waals surface area contributed by atoms with Gasteiger partial charge in [-0.05, 0) is 12.8 Å². The van der Waals surface area contributed by atoms with Crippen LogP contribution in [0.2, 0.25) is 0 Å². The summed E-state index contributed by atoms with van der Waals surface area (Å²) in [6.45, 7) is 0. The summed E-state index contributed by atoms with van der Waals surface area (Å²) < 4.78 is 0. The van der Waals surface area contributed by atoms with Gasteiger partial charge in [-0.15, -0.1) is 0 Å². The summed E-state index contributed by atoms with van der Waals surface area (Å²) in [5.74, 6) is -0.957. The molecule has 2 nitrogen and oxygen atoms in total. The first-order valence-electron chi connectivity index (χ1n) is 4.41. The van der Waals surface area contributed by atoms with E-state index in [2.05, 4.69) is 0 Å². The first kappa shape index (κ1) is 9.94. The molecule has 2 atom stereocenters. The van der Waals surface area contributed by atoms with Crippen molar-refractivity contribution in [3.05, 3.63) is 22.2 Å². The highest BCUT2D eigenvalue weighted by molar-refractivity contribution is 6.56. The van der Waals surface area contributed by atoms with Crippen molar-refractivity contribution in [1.29, 1.82) is 0 Å². The summed E-state index contributed by atoms with van der Waals surface area (Å²) in [5, 5.41) is -0.179. The predicted octanol–water partition coefficient (Wildman–Crippen LogP) is 2.41. The van der Waals surface area contributed by atoms with E-state index >= 15 is 0 Å². The van der Waals surface area contributed by atoms with Crippen molar-refractivity contribution in [3.63, 3.8) is 0 Å². The number of halogens is 2. The summed E-state index contributed by atoms with van der Waals surface area (Å²) in [7, 11) is 0. The summed E-state index contributed by atoms with van der Waals surface area (Å²) in [6.07, 6.45) is 5.01. The summed E-state index contributed by atoms with van der Waals surface area (Å²) in [4.78, 5) is 23.3. The standard InChI is InChI=1S/C10H8Cl2O2/c11-7-8(12)10(14)6-4-2-1-3-5(6)9(7)13/h1-2,5-6H,3-4H2. The second-order valence-electron chi connectivity index (χ2n) is 3.51. The van der Waals surface area contributed by atoms with Gasteiger partial charge in [0.05, 0.1) is 0 Å². The zero-order valence-electron chi connectivity index (χ0n) is 7.30. The predicted molar refractivity (Wildman–Crippen MR) is 54.1 cm³/mol. The van der Waals surface area contributed by atoms with Gasteiger partial charge in [-0.1, -0.05) is 35.4 Å². The molecule has 0 amide bonds. The number of fused-ring (bicyclic) bond motifs is 1. The lowest BCUT2D eigenvalue weighted by molar-refractivity contribution is -0.129. The third-order valence-corrected chi connectivity index (χ3v) is 3.58. The van der Waals surface area contributed by atoms with Gasteiger partial charge in [0.2, 0.25) is 0 Å². The zero-order chi connectivity index (χ0) is 10.3. The van der Waals surface area contributed by atoms with Crippen LogP contribution in [0.5, 0.6) is 0 Å². The van der Waals surface area contributed by atoms with Gasteiger partial charge in [-0.25, -0.2) is 0 Å². The Bertz CT molecular complexity index is 334. The van der Waals surface area contributed by atoms with E-state index in [0.717, 1.165) is 0 Å². The molecule has 0 radical (unpaired) electrons. The fourth-order valence-electron chi connectivity index (χ4n) is 1.94. The Morgan fingerprint density at radius 1 is 0.929 bits per heavy atom. The molecule has 2 aliphatic carbocycles. The fourth-order valence-corrected chi connectivity index (χ4v) is 2.40. The number of carbonyl (C=O) groups is 2. The molecule has 0 bridgehead atoms. The van der Waals surface area contributed by atoms with Crippen molar-refractivity contribution in [2.75, 3.05) is 0 Å². The average Bonchev–Trinajstić information content (AvgIpc) is 2.23. The van der Waals surface area contributed by atoms with Gasteiger partial charge in [0.25, 0.3) is 0 Å². The normalized spacial score (nSPS) is 32.1. The Hall–Kier alpha value is -0.600. The third kappa shape index (κ3) is 1.33. The van der Waals surface area contributed by atoms with Crippen molar-refractivity contribution >= 4 is 34.8 Å². The molecule has 0 saturated carbocycles. The van der Waals surface area contributed by atoms with Gasteiger partial charge in [0.1, 0.15) is 10.1 Å². The molecule has 0 aromatic rings. The monoisotopic (exact) mass is 230 g/mol. The van der Waals surface area contributed by atoms with Crippen LogP contribution in [0, 0.1) is 11.8 Å². The van der Waals surface area contributed by atoms with Crippen LogP contribution in [0.25, 0.3) is 0 Å². The fraction of sp³-hybridized carbons (Fsp3) is 0.400. The molecule has 4 heteroatoms. The Balaban J connectivity index is 2.44. The number of rotatable bonds is 0. The Kier molecular flexibility index (Phi) is 2.50. The van der Waals surface area contributed by atoms with Gasteiger partial charge in [0.15, 0.2) is 11.6 Å². The maximum Gasteiger partial charge on any atom is 0.179 e. The molecule has 0 N–H and O–H groups in total. The van der Waals surface area contributed by atoms with Gasteiger partial charge >= 0.3 is 0 Å². The van der Waals surface area contributed by atoms with Crippen molar-refractivity contribution in [3.8, 4) is 0 Å². The average molecular weight is 231 g/mol. The first-order valence-corrected chi connectivity index (χ1v) is 5.17. The van der Waals surface area contributed by atoms with Crippen LogP contribution in [0.4, 0.5) is 0 Å². The number of hydrogen-bond donors (Lipinski definition) is 0. The smallest absolute Gasteiger partial charge is 0.179 e. The maximum absolute atomic E-state index is 11.7. The second kappa shape index (κ2) is 3.52. The minimum Gasteiger partial charge on any atom is -0.293 e. The molecule has 14 heavy (non-hydrogen) atoms. The topological polar surface area (TPSA) is 34.1 Å². The van der Waals surface area contributed by atoms with Gasteiger partial charge in [-0.2, -0.15) is 0 Å². The lowest BCUT2D eigenvalue weighted by Crippen LogP contribution is -2.36. The van der Waals surface area contributed by atoms with E-state index in [9.17, 15) is 9.59 Å². The molecule has 74 valence electrons. The summed E-state index contributed by atoms with van der Waals surface area (Å²) in [6, 6.07) is 0. The molecule has 2 unspecified atom stereocenters. The third-order valence-electron chi connectivity index (χ3n) is 2.73. The molecule has 2 rings (SSSR count). The highest BCUT2D eigenvalue weighted by Gasteiger charge is 2.41. The van der Waals surface area contributed by atoms with Crippen molar-refractivity contribution in [1.82, 2.24) is 0 Å². The number of hydrogen-bond acceptors (Lipinski definition) is 2. The molecule has 0 aromatic heterocycles. The van der Waals surface area contributed by atoms with Crippen molar-refractivity contribution in [2.24, 2.45) is 11.8 Å². The lowest BCUT2D eigenvalue weighted by atomic mass is 9.74. The van der Waals surface area contributed by atoms with Gasteiger partial charge in [-0.3, -0.25) is 9.59 Å². The van der Waals surface area contributed by atoms with E-state index in [4.69, 9.17) is 23.2 Å². The van der Waals surface area contributed by atoms with Crippen molar-refractivity contribution in [2.45, 2.75) is 12.8 Å². The summed E-state index contributed by atoms with van der Waals surface area (Å²) in [5.41, 5.74) is 0. The van der Waals surface area contributed by atoms with Crippen LogP contribution in [-0.4, -0.2) is 11.6 Å². The molecular weight excluding hydrogens is 223 g/mol. The maximum atomic E-state index is 11.7. The SMILES string of the molecule is O=C1C(Cl)=C(Cl)C(=O)C2CC=CCC12. The highest BCUT2D eigenvalue weighted by atomic mass is 35.5. The lowest BCUT2D eigenvalue weighted by Gasteiger charge is -2.29. The van der Waals surface area contributed by atoms with Gasteiger partial charge < -0.3 is 0 Å². The molecule has 0 aliphatic heterocycles. The molecule has 0 heterocycles. The Labute approximate surface area is 91.6 Å². The minimum atomic E-state index is -0.289. The zero-order valence-corrected chi connectivity index (χ0v) is 8.81. The minimum absolute atomic E-state index is 0.0896. The van der Waals surface area contributed by atoms with E-state index < -0.39 is 0 Å². The first-order chi connectivity index (χ1) is 6.63. The number of carbonyl (C=O) groups excluding carboxylic acids is 2. The second-order valence-corrected chi connectivity index (χ2v) is 4.27. The van der Waals surface area contributed by atoms with E-state index in [-0.39, 0.29) is 33.5 Å². The van der Waals surface area contributed by atoms with E-state index in [1.54, 1.807) is 0 Å². The van der Waals surface area contributed by atoms with Crippen molar-refractivity contribution < 1.29 is 9.59 Å². The molecule has 0 saturated heterocycles. The van der Waals surface area contributed by atoms with Crippen LogP contribution in [0.3, 0.4) is 0 Å².